The molecule has 0 N–H and O–H groups in total. The Morgan fingerprint density at radius 2 is 1.79 bits per heavy atom. The third kappa shape index (κ3) is 4.46. The Kier molecular flexibility index (Phi) is 5.87. The van der Waals surface area contributed by atoms with Gasteiger partial charge in [-0.15, -0.1) is 0 Å². The van der Waals surface area contributed by atoms with E-state index in [1.807, 2.05) is 18.2 Å². The van der Waals surface area contributed by atoms with Gasteiger partial charge in [-0.2, -0.15) is 8.78 Å². The lowest BCUT2D eigenvalue weighted by Crippen LogP contribution is -2.57. The van der Waals surface area contributed by atoms with Gasteiger partial charge in [0.05, 0.1) is 18.8 Å². The van der Waals surface area contributed by atoms with Crippen molar-refractivity contribution >= 4 is 5.78 Å². The van der Waals surface area contributed by atoms with Crippen LogP contribution in [0.4, 0.5) is 13.2 Å². The number of nitrogens with zero attached hydrogens (tertiary/aromatic N) is 1. The Hall–Kier alpha value is -2.38. The van der Waals surface area contributed by atoms with Crippen molar-refractivity contribution in [2.24, 2.45) is 5.92 Å². The van der Waals surface area contributed by atoms with E-state index in [0.717, 1.165) is 18.7 Å². The summed E-state index contributed by atoms with van der Waals surface area (Å²) in [5, 5.41) is 0. The summed E-state index contributed by atoms with van der Waals surface area (Å²) >= 11 is 0. The van der Waals surface area contributed by atoms with E-state index < -0.39 is 18.2 Å². The predicted octanol–water partition coefficient (Wildman–Crippen LogP) is 4.29. The lowest BCUT2D eigenvalue weighted by Gasteiger charge is -2.48. The highest BCUT2D eigenvalue weighted by molar-refractivity contribution is 6.00. The molecule has 0 amide bonds. The van der Waals surface area contributed by atoms with Crippen molar-refractivity contribution in [2.45, 2.75) is 38.1 Å². The number of ether oxygens (including phenoxy) is 2. The molecule has 0 aliphatic carbocycles. The molecule has 2 unspecified atom stereocenters. The molecular weight excluding hydrogens is 383 g/mol. The summed E-state index contributed by atoms with van der Waals surface area (Å²) < 4.78 is 49.0. The van der Waals surface area contributed by atoms with Gasteiger partial charge in [0, 0.05) is 30.6 Å². The van der Waals surface area contributed by atoms with Crippen molar-refractivity contribution in [1.82, 2.24) is 4.90 Å². The number of morpholine rings is 1. The minimum absolute atomic E-state index is 0.00667. The second kappa shape index (κ2) is 8.55. The van der Waals surface area contributed by atoms with E-state index in [0.29, 0.717) is 26.1 Å². The van der Waals surface area contributed by atoms with Gasteiger partial charge in [0.15, 0.2) is 5.78 Å². The Bertz CT molecular complexity index is 848. The van der Waals surface area contributed by atoms with Gasteiger partial charge >= 0.3 is 6.61 Å². The van der Waals surface area contributed by atoms with Crippen LogP contribution in [-0.2, 0) is 11.3 Å². The smallest absolute Gasteiger partial charge is 0.387 e. The zero-order valence-corrected chi connectivity index (χ0v) is 15.8. The van der Waals surface area contributed by atoms with E-state index in [2.05, 4.69) is 21.8 Å². The van der Waals surface area contributed by atoms with E-state index >= 15 is 0 Å². The summed E-state index contributed by atoms with van der Waals surface area (Å²) in [6.45, 7) is -1.30. The molecule has 4 rings (SSSR count). The van der Waals surface area contributed by atoms with Crippen LogP contribution in [-0.4, -0.2) is 42.6 Å². The number of ketones is 1. The van der Waals surface area contributed by atoms with Crippen LogP contribution in [0.5, 0.6) is 5.75 Å². The average Bonchev–Trinajstić information content (AvgIpc) is 2.68. The number of carbonyl (C=O) groups is 1. The van der Waals surface area contributed by atoms with Gasteiger partial charge in [0.25, 0.3) is 0 Å². The molecule has 2 aliphatic heterocycles. The molecule has 154 valence electrons. The number of benzene rings is 2. The lowest BCUT2D eigenvalue weighted by atomic mass is 9.80. The van der Waals surface area contributed by atoms with Crippen molar-refractivity contribution in [2.75, 3.05) is 13.2 Å². The maximum Gasteiger partial charge on any atom is 0.387 e. The third-order valence-electron chi connectivity index (χ3n) is 5.68. The number of alkyl halides is 2. The molecule has 2 heterocycles. The summed E-state index contributed by atoms with van der Waals surface area (Å²) in [4.78, 5) is 15.5. The molecule has 0 spiro atoms. The van der Waals surface area contributed by atoms with Gasteiger partial charge in [-0.25, -0.2) is 4.39 Å². The molecule has 2 atom stereocenters. The molecule has 2 fully saturated rings. The third-order valence-corrected chi connectivity index (χ3v) is 5.68. The Morgan fingerprint density at radius 1 is 1.10 bits per heavy atom. The fraction of sp³-hybridized carbons (Fsp3) is 0.409. The molecule has 0 radical (unpaired) electrons. The summed E-state index contributed by atoms with van der Waals surface area (Å²) in [7, 11) is 0. The van der Waals surface area contributed by atoms with Crippen LogP contribution in [0, 0.1) is 11.7 Å². The van der Waals surface area contributed by atoms with Crippen LogP contribution >= 0.6 is 0 Å². The predicted molar refractivity (Wildman–Crippen MR) is 100 cm³/mol. The summed E-state index contributed by atoms with van der Waals surface area (Å²) in [5.74, 6) is -1.75. The first-order chi connectivity index (χ1) is 14.0. The van der Waals surface area contributed by atoms with Crippen molar-refractivity contribution < 1.29 is 27.4 Å². The molecule has 2 saturated heterocycles. The van der Waals surface area contributed by atoms with Crippen LogP contribution in [0.15, 0.2) is 48.5 Å². The van der Waals surface area contributed by atoms with E-state index in [9.17, 15) is 18.0 Å². The number of hydrogen-bond donors (Lipinski definition) is 0. The minimum atomic E-state index is -3.12. The molecule has 2 aliphatic rings. The van der Waals surface area contributed by atoms with E-state index in [1.165, 1.54) is 11.6 Å². The summed E-state index contributed by atoms with van der Waals surface area (Å²) in [5.41, 5.74) is 1.20. The molecule has 7 heteroatoms. The monoisotopic (exact) mass is 405 g/mol. The zero-order valence-electron chi connectivity index (χ0n) is 15.8. The fourth-order valence-electron chi connectivity index (χ4n) is 4.37. The van der Waals surface area contributed by atoms with Crippen LogP contribution in [0.3, 0.4) is 0 Å². The van der Waals surface area contributed by atoms with Crippen molar-refractivity contribution in [1.29, 1.82) is 0 Å². The standard InChI is InChI=1S/C22H22F3NO3/c23-16-6-7-19(20(10-16)29-22(24)25)21(27)15-8-17-12-28-13-18(9-15)26(17)11-14-4-2-1-3-5-14/h1-7,10,15,17-18,22H,8-9,11-13H2. The Balaban J connectivity index is 1.52. The first-order valence-electron chi connectivity index (χ1n) is 9.67. The number of rotatable bonds is 6. The largest absolute Gasteiger partial charge is 0.434 e. The molecule has 29 heavy (non-hydrogen) atoms. The number of halogens is 3. The number of piperidine rings is 1. The van der Waals surface area contributed by atoms with Crippen molar-refractivity contribution in [3.05, 3.63) is 65.5 Å². The molecule has 2 bridgehead atoms. The second-order valence-electron chi connectivity index (χ2n) is 7.55. The number of carbonyl (C=O) groups excluding carboxylic acids is 1. The Morgan fingerprint density at radius 3 is 2.45 bits per heavy atom. The van der Waals surface area contributed by atoms with Crippen molar-refractivity contribution in [3.8, 4) is 5.75 Å². The normalized spacial score (nSPS) is 24.5. The van der Waals surface area contributed by atoms with Crippen molar-refractivity contribution in [3.63, 3.8) is 0 Å². The van der Waals surface area contributed by atoms with Crippen LogP contribution in [0.1, 0.15) is 28.8 Å². The van der Waals surface area contributed by atoms with Gasteiger partial charge in [-0.05, 0) is 30.5 Å². The van der Waals surface area contributed by atoms with E-state index in [-0.39, 0.29) is 29.3 Å². The first kappa shape index (κ1) is 19.9. The highest BCUT2D eigenvalue weighted by atomic mass is 19.3. The van der Waals surface area contributed by atoms with Gasteiger partial charge in [0.1, 0.15) is 11.6 Å². The van der Waals surface area contributed by atoms with E-state index in [4.69, 9.17) is 4.74 Å². The summed E-state index contributed by atoms with van der Waals surface area (Å²) in [6.07, 6.45) is 1.13. The number of hydrogen-bond acceptors (Lipinski definition) is 4. The molecule has 0 saturated carbocycles. The minimum Gasteiger partial charge on any atom is -0.434 e. The summed E-state index contributed by atoms with van der Waals surface area (Å²) in [6, 6.07) is 13.4. The highest BCUT2D eigenvalue weighted by Crippen LogP contribution is 2.36. The quantitative estimate of drug-likeness (QED) is 0.672. The number of Topliss-reactive ketones (excluding diaryl/α,β-unsaturated/α-hetero) is 1. The van der Waals surface area contributed by atoms with Gasteiger partial charge in [-0.1, -0.05) is 30.3 Å². The topological polar surface area (TPSA) is 38.8 Å². The molecular formula is C22H22F3NO3. The zero-order chi connectivity index (χ0) is 20.4. The van der Waals surface area contributed by atoms with Crippen LogP contribution in [0.2, 0.25) is 0 Å². The maximum atomic E-state index is 13.5. The molecule has 2 aromatic rings. The van der Waals surface area contributed by atoms with Gasteiger partial charge < -0.3 is 9.47 Å². The van der Waals surface area contributed by atoms with Gasteiger partial charge in [0.2, 0.25) is 0 Å². The SMILES string of the molecule is O=C(c1ccc(F)cc1OC(F)F)C1CC2COCC(C1)N2Cc1ccccc1. The lowest BCUT2D eigenvalue weighted by molar-refractivity contribution is -0.0873. The maximum absolute atomic E-state index is 13.5. The van der Waals surface area contributed by atoms with Crippen LogP contribution in [0.25, 0.3) is 0 Å². The highest BCUT2D eigenvalue weighted by Gasteiger charge is 2.42. The fourth-order valence-corrected chi connectivity index (χ4v) is 4.37. The molecule has 2 aromatic carbocycles. The first-order valence-corrected chi connectivity index (χ1v) is 9.67. The molecule has 4 nitrogen and oxygen atoms in total. The number of fused-ring (bicyclic) bond motifs is 2. The average molecular weight is 405 g/mol. The Labute approximate surface area is 167 Å². The molecule has 0 aromatic heterocycles. The van der Waals surface area contributed by atoms with Gasteiger partial charge in [-0.3, -0.25) is 9.69 Å². The second-order valence-corrected chi connectivity index (χ2v) is 7.55. The van der Waals surface area contributed by atoms with E-state index in [1.54, 1.807) is 0 Å². The van der Waals surface area contributed by atoms with Crippen LogP contribution < -0.4 is 4.74 Å².